The van der Waals surface area contributed by atoms with Crippen molar-refractivity contribution in [3.63, 3.8) is 0 Å². The summed E-state index contributed by atoms with van der Waals surface area (Å²) in [6.07, 6.45) is 3.22. The molecule has 124 valence electrons. The molecule has 0 atom stereocenters. The number of rotatable bonds is 2. The van der Waals surface area contributed by atoms with E-state index in [0.717, 1.165) is 43.8 Å². The number of anilines is 1. The quantitative estimate of drug-likeness (QED) is 0.515. The molecule has 4 heterocycles. The van der Waals surface area contributed by atoms with Gasteiger partial charge in [-0.1, -0.05) is 24.3 Å². The predicted octanol–water partition coefficient (Wildman–Crippen LogP) is 3.95. The summed E-state index contributed by atoms with van der Waals surface area (Å²) in [5.41, 5.74) is 10.3. The van der Waals surface area contributed by atoms with Crippen molar-refractivity contribution in [3.8, 4) is 22.6 Å². The van der Waals surface area contributed by atoms with Gasteiger partial charge in [0.15, 0.2) is 0 Å². The maximum Gasteiger partial charge on any atom is 0.149 e. The Hall–Kier alpha value is -3.45. The fraction of sp³-hybridized carbons (Fsp3) is 0. The standard InChI is InChI=1S/C19H12N6S/c20-18-16-17(25-26-19(16)23-10-22-18)12-5-4-11-6-7-14(24-15(11)9-12)13-3-1-2-8-21-13/h1-10H,(H2,20,22,23). The third-order valence-corrected chi connectivity index (χ3v) is 4.95. The summed E-state index contributed by atoms with van der Waals surface area (Å²) in [4.78, 5) is 18.3. The summed E-state index contributed by atoms with van der Waals surface area (Å²) < 4.78 is 4.53. The van der Waals surface area contributed by atoms with Crippen LogP contribution in [0.25, 0.3) is 43.8 Å². The molecule has 6 nitrogen and oxygen atoms in total. The number of aromatic nitrogens is 5. The molecule has 0 saturated carbocycles. The van der Waals surface area contributed by atoms with E-state index in [4.69, 9.17) is 10.7 Å². The third kappa shape index (κ3) is 2.37. The van der Waals surface area contributed by atoms with Gasteiger partial charge in [-0.2, -0.15) is 4.37 Å². The van der Waals surface area contributed by atoms with E-state index in [2.05, 4.69) is 19.3 Å². The highest BCUT2D eigenvalue weighted by Crippen LogP contribution is 2.33. The Labute approximate surface area is 152 Å². The van der Waals surface area contributed by atoms with Crippen molar-refractivity contribution in [1.29, 1.82) is 0 Å². The van der Waals surface area contributed by atoms with Gasteiger partial charge in [0, 0.05) is 17.1 Å². The first-order valence-corrected chi connectivity index (χ1v) is 8.75. The SMILES string of the molecule is Nc1ncnc2snc(-c3ccc4ccc(-c5ccccn5)nc4c3)c12. The number of benzene rings is 1. The summed E-state index contributed by atoms with van der Waals surface area (Å²) in [7, 11) is 0. The van der Waals surface area contributed by atoms with Gasteiger partial charge in [-0.25, -0.2) is 15.0 Å². The van der Waals surface area contributed by atoms with Crippen LogP contribution < -0.4 is 5.73 Å². The smallest absolute Gasteiger partial charge is 0.149 e. The van der Waals surface area contributed by atoms with Crippen molar-refractivity contribution < 1.29 is 0 Å². The Kier molecular flexibility index (Phi) is 3.32. The first-order chi connectivity index (χ1) is 12.8. The lowest BCUT2D eigenvalue weighted by atomic mass is 10.1. The van der Waals surface area contributed by atoms with E-state index in [9.17, 15) is 0 Å². The average molecular weight is 356 g/mol. The lowest BCUT2D eigenvalue weighted by Crippen LogP contribution is -1.92. The first-order valence-electron chi connectivity index (χ1n) is 7.98. The van der Waals surface area contributed by atoms with Gasteiger partial charge < -0.3 is 5.73 Å². The van der Waals surface area contributed by atoms with Crippen LogP contribution in [0.1, 0.15) is 0 Å². The molecule has 26 heavy (non-hydrogen) atoms. The summed E-state index contributed by atoms with van der Waals surface area (Å²) in [5.74, 6) is 0.439. The zero-order chi connectivity index (χ0) is 17.5. The fourth-order valence-electron chi connectivity index (χ4n) is 2.93. The number of pyridine rings is 2. The van der Waals surface area contributed by atoms with Gasteiger partial charge >= 0.3 is 0 Å². The van der Waals surface area contributed by atoms with E-state index in [1.807, 2.05) is 48.5 Å². The number of nitrogens with two attached hydrogens (primary N) is 1. The van der Waals surface area contributed by atoms with Crippen molar-refractivity contribution in [2.75, 3.05) is 5.73 Å². The Morgan fingerprint density at radius 2 is 1.81 bits per heavy atom. The molecule has 5 rings (SSSR count). The molecule has 1 aromatic carbocycles. The van der Waals surface area contributed by atoms with Gasteiger partial charge in [0.25, 0.3) is 0 Å². The Morgan fingerprint density at radius 3 is 2.69 bits per heavy atom. The second-order valence-electron chi connectivity index (χ2n) is 5.79. The highest BCUT2D eigenvalue weighted by Gasteiger charge is 2.14. The molecular weight excluding hydrogens is 344 g/mol. The van der Waals surface area contributed by atoms with Gasteiger partial charge in [0.1, 0.15) is 17.0 Å². The monoisotopic (exact) mass is 356 g/mol. The normalized spacial score (nSPS) is 11.2. The van der Waals surface area contributed by atoms with Gasteiger partial charge in [-0.05, 0) is 35.8 Å². The highest BCUT2D eigenvalue weighted by molar-refractivity contribution is 7.13. The van der Waals surface area contributed by atoms with Crippen LogP contribution in [0.3, 0.4) is 0 Å². The Morgan fingerprint density at radius 1 is 0.885 bits per heavy atom. The Balaban J connectivity index is 1.69. The van der Waals surface area contributed by atoms with Crippen molar-refractivity contribution in [2.45, 2.75) is 0 Å². The molecule has 0 fully saturated rings. The lowest BCUT2D eigenvalue weighted by molar-refractivity contribution is 1.24. The van der Waals surface area contributed by atoms with Crippen LogP contribution in [0.2, 0.25) is 0 Å². The van der Waals surface area contributed by atoms with Crippen LogP contribution in [0.5, 0.6) is 0 Å². The predicted molar refractivity (Wildman–Crippen MR) is 104 cm³/mol. The topological polar surface area (TPSA) is 90.5 Å². The number of hydrogen-bond donors (Lipinski definition) is 1. The number of nitrogens with zero attached hydrogens (tertiary/aromatic N) is 5. The highest BCUT2D eigenvalue weighted by atomic mass is 32.1. The minimum absolute atomic E-state index is 0.439. The molecular formula is C19H12N6S. The number of fused-ring (bicyclic) bond motifs is 2. The Bertz CT molecular complexity index is 1250. The fourth-order valence-corrected chi connectivity index (χ4v) is 3.69. The molecule has 2 N–H and O–H groups in total. The average Bonchev–Trinajstić information content (AvgIpc) is 3.13. The van der Waals surface area contributed by atoms with Gasteiger partial charge in [-0.15, -0.1) is 0 Å². The summed E-state index contributed by atoms with van der Waals surface area (Å²) >= 11 is 1.32. The molecule has 4 aromatic heterocycles. The zero-order valence-electron chi connectivity index (χ0n) is 13.5. The third-order valence-electron chi connectivity index (χ3n) is 4.19. The van der Waals surface area contributed by atoms with Crippen LogP contribution in [0.4, 0.5) is 5.82 Å². The molecule has 0 spiro atoms. The van der Waals surface area contributed by atoms with Crippen molar-refractivity contribution in [2.24, 2.45) is 0 Å². The van der Waals surface area contributed by atoms with E-state index in [-0.39, 0.29) is 0 Å². The molecule has 0 unspecified atom stereocenters. The van der Waals surface area contributed by atoms with Gasteiger partial charge in [-0.3, -0.25) is 4.98 Å². The second-order valence-corrected chi connectivity index (χ2v) is 6.54. The van der Waals surface area contributed by atoms with E-state index in [1.54, 1.807) is 6.20 Å². The van der Waals surface area contributed by atoms with Crippen LogP contribution in [-0.2, 0) is 0 Å². The van der Waals surface area contributed by atoms with E-state index >= 15 is 0 Å². The van der Waals surface area contributed by atoms with E-state index in [0.29, 0.717) is 5.82 Å². The minimum atomic E-state index is 0.439. The largest absolute Gasteiger partial charge is 0.383 e. The molecule has 0 amide bonds. The van der Waals surface area contributed by atoms with Crippen LogP contribution in [-0.4, -0.2) is 24.3 Å². The molecule has 0 aliphatic heterocycles. The number of nitrogen functional groups attached to an aromatic ring is 1. The summed E-state index contributed by atoms with van der Waals surface area (Å²) in [6, 6.07) is 15.9. The van der Waals surface area contributed by atoms with Crippen molar-refractivity contribution in [3.05, 3.63) is 61.1 Å². The van der Waals surface area contributed by atoms with Crippen LogP contribution >= 0.6 is 11.5 Å². The van der Waals surface area contributed by atoms with E-state index in [1.165, 1.54) is 17.9 Å². The van der Waals surface area contributed by atoms with Gasteiger partial charge in [0.2, 0.25) is 0 Å². The zero-order valence-corrected chi connectivity index (χ0v) is 14.3. The molecule has 0 bridgehead atoms. The van der Waals surface area contributed by atoms with Crippen LogP contribution in [0.15, 0.2) is 61.1 Å². The molecule has 0 saturated heterocycles. The van der Waals surface area contributed by atoms with Gasteiger partial charge in [0.05, 0.1) is 28.0 Å². The van der Waals surface area contributed by atoms with Crippen molar-refractivity contribution >= 4 is 38.5 Å². The van der Waals surface area contributed by atoms with E-state index < -0.39 is 0 Å². The lowest BCUT2D eigenvalue weighted by Gasteiger charge is -2.05. The van der Waals surface area contributed by atoms with Crippen molar-refractivity contribution in [1.82, 2.24) is 24.3 Å². The second kappa shape index (κ2) is 5.82. The summed E-state index contributed by atoms with van der Waals surface area (Å²) in [5, 5.41) is 1.84. The van der Waals surface area contributed by atoms with Crippen LogP contribution in [0, 0.1) is 0 Å². The molecule has 7 heteroatoms. The molecule has 0 aliphatic carbocycles. The summed E-state index contributed by atoms with van der Waals surface area (Å²) in [6.45, 7) is 0. The number of hydrogen-bond acceptors (Lipinski definition) is 7. The molecule has 0 aliphatic rings. The molecule has 5 aromatic rings. The maximum atomic E-state index is 6.04. The molecule has 0 radical (unpaired) electrons. The first kappa shape index (κ1) is 14.9. The minimum Gasteiger partial charge on any atom is -0.383 e. The maximum absolute atomic E-state index is 6.04.